The molecule has 0 aliphatic carbocycles. The van der Waals surface area contributed by atoms with Crippen LogP contribution in [0, 0.1) is 11.6 Å². The van der Waals surface area contributed by atoms with Crippen molar-refractivity contribution in [1.82, 2.24) is 9.80 Å². The Kier molecular flexibility index (Phi) is 3.90. The standard InChI is InChI=1S/C24H17F2N3O3/c25-15-8-14(9-16(26)10-15)22(30)27-12-17-11-20(27)21-23(31)29(24(32)28(17)21)19-7-3-5-13-4-1-2-6-18(13)19/h1-10,17,20-21H,11-12H2. The lowest BCUT2D eigenvalue weighted by Crippen LogP contribution is -2.54. The maximum Gasteiger partial charge on any atom is 0.332 e. The van der Waals surface area contributed by atoms with E-state index < -0.39 is 35.7 Å². The number of imide groups is 1. The van der Waals surface area contributed by atoms with Crippen LogP contribution in [0.5, 0.6) is 0 Å². The third kappa shape index (κ3) is 2.52. The maximum absolute atomic E-state index is 13.6. The Hall–Kier alpha value is -3.81. The zero-order valence-corrected chi connectivity index (χ0v) is 16.7. The van der Waals surface area contributed by atoms with Crippen molar-refractivity contribution in [2.75, 3.05) is 11.4 Å². The van der Waals surface area contributed by atoms with Crippen molar-refractivity contribution in [3.8, 4) is 0 Å². The second-order valence-electron chi connectivity index (χ2n) is 8.38. The number of urea groups is 1. The number of nitrogens with zero attached hydrogens (tertiary/aromatic N) is 3. The molecule has 3 aliphatic rings. The van der Waals surface area contributed by atoms with Gasteiger partial charge < -0.3 is 9.80 Å². The fraction of sp³-hybridized carbons (Fsp3) is 0.208. The first-order chi connectivity index (χ1) is 15.4. The Morgan fingerprint density at radius 3 is 2.44 bits per heavy atom. The van der Waals surface area contributed by atoms with Crippen molar-refractivity contribution in [2.45, 2.75) is 24.5 Å². The highest BCUT2D eigenvalue weighted by Crippen LogP contribution is 2.43. The summed E-state index contributed by atoms with van der Waals surface area (Å²) in [5.74, 6) is -2.61. The van der Waals surface area contributed by atoms with Gasteiger partial charge in [0.25, 0.3) is 11.8 Å². The van der Waals surface area contributed by atoms with E-state index in [1.807, 2.05) is 30.3 Å². The van der Waals surface area contributed by atoms with E-state index in [2.05, 4.69) is 0 Å². The van der Waals surface area contributed by atoms with Gasteiger partial charge in [0.05, 0.1) is 17.8 Å². The molecule has 0 radical (unpaired) electrons. The largest absolute Gasteiger partial charge is 0.332 e. The average molecular weight is 433 g/mol. The molecule has 32 heavy (non-hydrogen) atoms. The third-order valence-electron chi connectivity index (χ3n) is 6.64. The summed E-state index contributed by atoms with van der Waals surface area (Å²) in [7, 11) is 0. The summed E-state index contributed by atoms with van der Waals surface area (Å²) in [5, 5.41) is 1.69. The first-order valence-electron chi connectivity index (χ1n) is 10.3. The Balaban J connectivity index is 1.35. The second kappa shape index (κ2) is 6.59. The molecule has 0 saturated carbocycles. The molecule has 160 valence electrons. The quantitative estimate of drug-likeness (QED) is 0.581. The van der Waals surface area contributed by atoms with E-state index in [1.165, 1.54) is 9.80 Å². The first-order valence-corrected chi connectivity index (χ1v) is 10.3. The van der Waals surface area contributed by atoms with Gasteiger partial charge in [0.15, 0.2) is 0 Å². The molecule has 3 atom stereocenters. The number of anilines is 1. The second-order valence-corrected chi connectivity index (χ2v) is 8.38. The van der Waals surface area contributed by atoms with E-state index in [0.717, 1.165) is 22.9 Å². The predicted molar refractivity (Wildman–Crippen MR) is 112 cm³/mol. The van der Waals surface area contributed by atoms with Crippen molar-refractivity contribution < 1.29 is 23.2 Å². The molecule has 8 heteroatoms. The molecule has 3 aromatic carbocycles. The van der Waals surface area contributed by atoms with Crippen LogP contribution < -0.4 is 4.90 Å². The third-order valence-corrected chi connectivity index (χ3v) is 6.64. The summed E-state index contributed by atoms with van der Waals surface area (Å²) in [4.78, 5) is 44.0. The van der Waals surface area contributed by atoms with Gasteiger partial charge in [0, 0.05) is 23.6 Å². The number of halogens is 2. The molecule has 3 heterocycles. The van der Waals surface area contributed by atoms with Gasteiger partial charge in [0.2, 0.25) is 0 Å². The minimum absolute atomic E-state index is 0.107. The van der Waals surface area contributed by atoms with Gasteiger partial charge in [-0.2, -0.15) is 0 Å². The molecule has 4 amide bonds. The molecule has 3 aliphatic heterocycles. The number of likely N-dealkylation sites (tertiary alicyclic amines) is 1. The number of hydrogen-bond acceptors (Lipinski definition) is 3. The van der Waals surface area contributed by atoms with Crippen LogP contribution in [0.25, 0.3) is 10.8 Å². The van der Waals surface area contributed by atoms with Crippen LogP contribution >= 0.6 is 0 Å². The topological polar surface area (TPSA) is 60.9 Å². The summed E-state index contributed by atoms with van der Waals surface area (Å²) in [5.41, 5.74) is 0.404. The van der Waals surface area contributed by atoms with Gasteiger partial charge in [-0.05, 0) is 30.0 Å². The minimum Gasteiger partial charge on any atom is -0.331 e. The first kappa shape index (κ1) is 18.9. The molecule has 0 N–H and O–H groups in total. The zero-order valence-electron chi connectivity index (χ0n) is 16.7. The molecular weight excluding hydrogens is 416 g/mol. The highest BCUT2D eigenvalue weighted by atomic mass is 19.1. The highest BCUT2D eigenvalue weighted by Gasteiger charge is 2.63. The molecule has 3 fully saturated rings. The Labute approximate surface area is 181 Å². The molecule has 6 nitrogen and oxygen atoms in total. The summed E-state index contributed by atoms with van der Waals surface area (Å²) >= 11 is 0. The zero-order chi connectivity index (χ0) is 22.1. The SMILES string of the molecule is O=C1C2C3CC(CN3C(=O)c3cc(F)cc(F)c3)N2C(=O)N1c1cccc2ccccc12. The summed E-state index contributed by atoms with van der Waals surface area (Å²) < 4.78 is 27.3. The van der Waals surface area contributed by atoms with E-state index in [0.29, 0.717) is 18.2 Å². The van der Waals surface area contributed by atoms with Gasteiger partial charge in [-0.25, -0.2) is 18.5 Å². The van der Waals surface area contributed by atoms with Crippen LogP contribution in [0.1, 0.15) is 16.8 Å². The fourth-order valence-electron chi connectivity index (χ4n) is 5.36. The Morgan fingerprint density at radius 2 is 1.66 bits per heavy atom. The van der Waals surface area contributed by atoms with Crippen molar-refractivity contribution in [3.05, 3.63) is 77.9 Å². The lowest BCUT2D eigenvalue weighted by atomic mass is 10.1. The number of benzene rings is 3. The lowest BCUT2D eigenvalue weighted by molar-refractivity contribution is -0.121. The summed E-state index contributed by atoms with van der Waals surface area (Å²) in [6.07, 6.45) is 0.467. The Bertz CT molecular complexity index is 1300. The van der Waals surface area contributed by atoms with Crippen LogP contribution in [0.15, 0.2) is 60.7 Å². The van der Waals surface area contributed by atoms with E-state index in [9.17, 15) is 23.2 Å². The molecule has 2 bridgehead atoms. The van der Waals surface area contributed by atoms with Crippen LogP contribution in [-0.2, 0) is 4.79 Å². The number of rotatable bonds is 2. The predicted octanol–water partition coefficient (Wildman–Crippen LogP) is 3.55. The monoisotopic (exact) mass is 433 g/mol. The van der Waals surface area contributed by atoms with E-state index in [1.54, 1.807) is 17.0 Å². The van der Waals surface area contributed by atoms with Gasteiger partial charge in [-0.15, -0.1) is 0 Å². The average Bonchev–Trinajstić information content (AvgIpc) is 3.44. The van der Waals surface area contributed by atoms with Crippen molar-refractivity contribution >= 4 is 34.3 Å². The van der Waals surface area contributed by atoms with E-state index in [-0.39, 0.29) is 24.1 Å². The van der Waals surface area contributed by atoms with Crippen LogP contribution in [0.3, 0.4) is 0 Å². The van der Waals surface area contributed by atoms with Gasteiger partial charge in [-0.1, -0.05) is 36.4 Å². The van der Waals surface area contributed by atoms with Crippen molar-refractivity contribution in [2.24, 2.45) is 0 Å². The van der Waals surface area contributed by atoms with Crippen LogP contribution in [0.2, 0.25) is 0 Å². The van der Waals surface area contributed by atoms with Gasteiger partial charge in [0.1, 0.15) is 17.7 Å². The molecular formula is C24H17F2N3O3. The normalized spacial score (nSPS) is 24.1. The van der Waals surface area contributed by atoms with Crippen molar-refractivity contribution in [1.29, 1.82) is 0 Å². The van der Waals surface area contributed by atoms with E-state index >= 15 is 0 Å². The highest BCUT2D eigenvalue weighted by molar-refractivity contribution is 6.25. The molecule has 3 saturated heterocycles. The van der Waals surface area contributed by atoms with E-state index in [4.69, 9.17) is 0 Å². The number of amides is 4. The summed E-state index contributed by atoms with van der Waals surface area (Å²) in [6.45, 7) is 0.223. The van der Waals surface area contributed by atoms with Crippen LogP contribution in [-0.4, -0.2) is 52.3 Å². The lowest BCUT2D eigenvalue weighted by Gasteiger charge is -2.34. The van der Waals surface area contributed by atoms with Crippen LogP contribution in [0.4, 0.5) is 19.3 Å². The number of carbonyl (C=O) groups excluding carboxylic acids is 3. The Morgan fingerprint density at radius 1 is 0.938 bits per heavy atom. The smallest absolute Gasteiger partial charge is 0.331 e. The van der Waals surface area contributed by atoms with Gasteiger partial charge in [-0.3, -0.25) is 9.59 Å². The molecule has 3 aromatic rings. The van der Waals surface area contributed by atoms with Gasteiger partial charge >= 0.3 is 6.03 Å². The molecule has 0 aromatic heterocycles. The van der Waals surface area contributed by atoms with Crippen molar-refractivity contribution in [3.63, 3.8) is 0 Å². The fourth-order valence-corrected chi connectivity index (χ4v) is 5.36. The number of fused-ring (bicyclic) bond motifs is 6. The number of hydrogen-bond donors (Lipinski definition) is 0. The molecule has 3 unspecified atom stereocenters. The number of piperazine rings is 1. The summed E-state index contributed by atoms with van der Waals surface area (Å²) in [6, 6.07) is 13.6. The minimum atomic E-state index is -0.839. The number of carbonyl (C=O) groups is 3. The molecule has 0 spiro atoms. The molecule has 6 rings (SSSR count). The maximum atomic E-state index is 13.6.